The minimum atomic E-state index is -0.411. The van der Waals surface area contributed by atoms with Gasteiger partial charge in [0.1, 0.15) is 5.82 Å². The monoisotopic (exact) mass is 285 g/mol. The van der Waals surface area contributed by atoms with Crippen molar-refractivity contribution in [2.75, 3.05) is 0 Å². The third-order valence-corrected chi connectivity index (χ3v) is 3.92. The molecule has 0 spiro atoms. The number of benzene rings is 1. The van der Waals surface area contributed by atoms with E-state index in [1.54, 1.807) is 29.7 Å². The van der Waals surface area contributed by atoms with E-state index in [-0.39, 0.29) is 11.1 Å². The molecule has 0 saturated carbocycles. The third-order valence-electron chi connectivity index (χ3n) is 2.61. The summed E-state index contributed by atoms with van der Waals surface area (Å²) in [6.07, 6.45) is 2.44. The molecule has 18 heavy (non-hydrogen) atoms. The van der Waals surface area contributed by atoms with E-state index in [1.165, 1.54) is 6.07 Å². The van der Waals surface area contributed by atoms with Crippen LogP contribution in [0.3, 0.4) is 0 Å². The molecule has 6 heteroatoms. The van der Waals surface area contributed by atoms with Crippen LogP contribution >= 0.6 is 22.9 Å². The molecule has 3 nitrogen and oxygen atoms in total. The van der Waals surface area contributed by atoms with Gasteiger partial charge in [-0.15, -0.1) is 11.3 Å². The maximum Gasteiger partial charge on any atom is 0.141 e. The van der Waals surface area contributed by atoms with E-state index in [0.29, 0.717) is 6.42 Å². The highest BCUT2D eigenvalue weighted by atomic mass is 35.5. The van der Waals surface area contributed by atoms with Crippen molar-refractivity contribution in [3.63, 3.8) is 0 Å². The second kappa shape index (κ2) is 5.75. The summed E-state index contributed by atoms with van der Waals surface area (Å²) in [6.45, 7) is 1.94. The zero-order valence-corrected chi connectivity index (χ0v) is 11.4. The Bertz CT molecular complexity index is 544. The van der Waals surface area contributed by atoms with Gasteiger partial charge in [0.05, 0.1) is 16.1 Å². The van der Waals surface area contributed by atoms with Gasteiger partial charge in [-0.05, 0) is 31.0 Å². The lowest BCUT2D eigenvalue weighted by molar-refractivity contribution is 0.558. The van der Waals surface area contributed by atoms with Crippen LogP contribution in [-0.2, 0) is 6.42 Å². The Morgan fingerprint density at radius 1 is 1.56 bits per heavy atom. The summed E-state index contributed by atoms with van der Waals surface area (Å²) in [5.74, 6) is 5.14. The minimum Gasteiger partial charge on any atom is -0.271 e. The van der Waals surface area contributed by atoms with Crippen molar-refractivity contribution >= 4 is 22.9 Å². The van der Waals surface area contributed by atoms with Crippen molar-refractivity contribution in [3.8, 4) is 0 Å². The molecule has 0 bridgehead atoms. The van der Waals surface area contributed by atoms with E-state index in [1.807, 2.05) is 6.92 Å². The summed E-state index contributed by atoms with van der Waals surface area (Å²) in [5.41, 5.74) is 3.67. The van der Waals surface area contributed by atoms with Gasteiger partial charge < -0.3 is 0 Å². The van der Waals surface area contributed by atoms with E-state index in [2.05, 4.69) is 10.4 Å². The molecule has 0 radical (unpaired) electrons. The fourth-order valence-electron chi connectivity index (χ4n) is 1.68. The number of thiazole rings is 1. The molecule has 3 N–H and O–H groups in total. The van der Waals surface area contributed by atoms with Crippen LogP contribution in [0.15, 0.2) is 24.4 Å². The zero-order valence-electron chi connectivity index (χ0n) is 9.78. The number of halogens is 2. The molecule has 0 fully saturated rings. The van der Waals surface area contributed by atoms with Gasteiger partial charge in [0.15, 0.2) is 0 Å². The number of nitrogens with zero attached hydrogens (tertiary/aromatic N) is 1. The van der Waals surface area contributed by atoms with Crippen LogP contribution in [0.5, 0.6) is 0 Å². The molecule has 1 aromatic carbocycles. The van der Waals surface area contributed by atoms with Crippen molar-refractivity contribution < 1.29 is 4.39 Å². The summed E-state index contributed by atoms with van der Waals surface area (Å²) in [5, 5.41) is 1.12. The third kappa shape index (κ3) is 3.05. The number of rotatable bonds is 4. The zero-order chi connectivity index (χ0) is 13.1. The number of nitrogens with two attached hydrogens (primary N) is 1. The summed E-state index contributed by atoms with van der Waals surface area (Å²) in [6, 6.07) is 4.65. The molecule has 1 aromatic heterocycles. The Labute approximate surface area is 114 Å². The number of hydrogen-bond acceptors (Lipinski definition) is 4. The van der Waals surface area contributed by atoms with Crippen LogP contribution in [0.2, 0.25) is 5.02 Å². The fraction of sp³-hybridized carbons (Fsp3) is 0.250. The Morgan fingerprint density at radius 3 is 2.89 bits per heavy atom. The first kappa shape index (κ1) is 13.4. The molecule has 2 rings (SSSR count). The largest absolute Gasteiger partial charge is 0.271 e. The van der Waals surface area contributed by atoms with E-state index in [9.17, 15) is 4.39 Å². The molecular formula is C12H13ClFN3S. The smallest absolute Gasteiger partial charge is 0.141 e. The molecule has 0 aliphatic rings. The molecule has 0 aliphatic heterocycles. The fourth-order valence-corrected chi connectivity index (χ4v) is 2.73. The van der Waals surface area contributed by atoms with E-state index >= 15 is 0 Å². The molecule has 0 aliphatic carbocycles. The highest BCUT2D eigenvalue weighted by molar-refractivity contribution is 7.11. The molecule has 0 amide bonds. The van der Waals surface area contributed by atoms with Crippen LogP contribution in [0.4, 0.5) is 4.39 Å². The lowest BCUT2D eigenvalue weighted by Crippen LogP contribution is -2.29. The molecular weight excluding hydrogens is 273 g/mol. The van der Waals surface area contributed by atoms with Crippen LogP contribution in [0, 0.1) is 12.7 Å². The molecule has 96 valence electrons. The second-order valence-corrected chi connectivity index (χ2v) is 5.63. The van der Waals surface area contributed by atoms with Gasteiger partial charge >= 0.3 is 0 Å². The van der Waals surface area contributed by atoms with Gasteiger partial charge in [-0.1, -0.05) is 17.7 Å². The Morgan fingerprint density at radius 2 is 2.33 bits per heavy atom. The van der Waals surface area contributed by atoms with Crippen LogP contribution in [0.25, 0.3) is 0 Å². The predicted octanol–water partition coefficient (Wildman–Crippen LogP) is 2.99. The summed E-state index contributed by atoms with van der Waals surface area (Å²) >= 11 is 7.34. The lowest BCUT2D eigenvalue weighted by atomic mass is 10.1. The Balaban J connectivity index is 2.17. The van der Waals surface area contributed by atoms with E-state index in [4.69, 9.17) is 17.4 Å². The second-order valence-electron chi connectivity index (χ2n) is 3.95. The number of hydrogen-bond donors (Lipinski definition) is 2. The quantitative estimate of drug-likeness (QED) is 0.671. The number of hydrazine groups is 1. The highest BCUT2D eigenvalue weighted by Gasteiger charge is 2.14. The van der Waals surface area contributed by atoms with Gasteiger partial charge in [-0.2, -0.15) is 0 Å². The molecule has 1 atom stereocenters. The lowest BCUT2D eigenvalue weighted by Gasteiger charge is -2.14. The number of aromatic nitrogens is 1. The highest BCUT2D eigenvalue weighted by Crippen LogP contribution is 2.25. The number of nitrogens with one attached hydrogen (secondary N) is 1. The SMILES string of the molecule is Cc1ncc(C(Cc2ccc(F)c(Cl)c2)NN)s1. The van der Waals surface area contributed by atoms with Gasteiger partial charge in [0.2, 0.25) is 0 Å². The first-order chi connectivity index (χ1) is 8.60. The topological polar surface area (TPSA) is 50.9 Å². The summed E-state index contributed by atoms with van der Waals surface area (Å²) in [4.78, 5) is 5.25. The van der Waals surface area contributed by atoms with Gasteiger partial charge in [0, 0.05) is 11.1 Å². The molecule has 1 heterocycles. The maximum atomic E-state index is 13.1. The Kier molecular flexibility index (Phi) is 4.29. The molecule has 1 unspecified atom stereocenters. The molecule has 2 aromatic rings. The van der Waals surface area contributed by atoms with Crippen LogP contribution < -0.4 is 11.3 Å². The Hall–Kier alpha value is -1.01. The first-order valence-corrected chi connectivity index (χ1v) is 6.62. The van der Waals surface area contributed by atoms with E-state index in [0.717, 1.165) is 15.4 Å². The first-order valence-electron chi connectivity index (χ1n) is 5.42. The van der Waals surface area contributed by atoms with Gasteiger partial charge in [-0.3, -0.25) is 11.3 Å². The van der Waals surface area contributed by atoms with Crippen molar-refractivity contribution in [3.05, 3.63) is 50.7 Å². The molecule has 0 saturated heterocycles. The average Bonchev–Trinajstić information content (AvgIpc) is 2.77. The van der Waals surface area contributed by atoms with Crippen molar-refractivity contribution in [1.29, 1.82) is 0 Å². The predicted molar refractivity (Wildman–Crippen MR) is 72.0 cm³/mol. The van der Waals surface area contributed by atoms with Crippen LogP contribution in [0.1, 0.15) is 21.5 Å². The van der Waals surface area contributed by atoms with Crippen molar-refractivity contribution in [1.82, 2.24) is 10.4 Å². The summed E-state index contributed by atoms with van der Waals surface area (Å²) < 4.78 is 13.1. The minimum absolute atomic E-state index is 0.0438. The maximum absolute atomic E-state index is 13.1. The number of aryl methyl sites for hydroxylation is 1. The van der Waals surface area contributed by atoms with E-state index < -0.39 is 5.82 Å². The summed E-state index contributed by atoms with van der Waals surface area (Å²) in [7, 11) is 0. The van der Waals surface area contributed by atoms with Gasteiger partial charge in [0.25, 0.3) is 0 Å². The average molecular weight is 286 g/mol. The van der Waals surface area contributed by atoms with Gasteiger partial charge in [-0.25, -0.2) is 9.37 Å². The normalized spacial score (nSPS) is 12.7. The van der Waals surface area contributed by atoms with Crippen LogP contribution in [-0.4, -0.2) is 4.98 Å². The van der Waals surface area contributed by atoms with Crippen molar-refractivity contribution in [2.45, 2.75) is 19.4 Å². The standard InChI is InChI=1S/C12H13ClFN3S/c1-7-16-6-12(18-7)11(17-15)5-8-2-3-10(14)9(13)4-8/h2-4,6,11,17H,5,15H2,1H3. The van der Waals surface area contributed by atoms with Crippen molar-refractivity contribution in [2.24, 2.45) is 5.84 Å².